The van der Waals surface area contributed by atoms with Crippen molar-refractivity contribution >= 4 is 17.8 Å². The number of phenolic OH excluding ortho intramolecular Hbond substituents is 1. The van der Waals surface area contributed by atoms with E-state index in [9.17, 15) is 5.11 Å². The first-order valence-electron chi connectivity index (χ1n) is 7.32. The molecule has 0 amide bonds. The highest BCUT2D eigenvalue weighted by atomic mass is 16.3. The van der Waals surface area contributed by atoms with E-state index in [0.717, 1.165) is 35.5 Å². The van der Waals surface area contributed by atoms with Gasteiger partial charge in [-0.3, -0.25) is 4.98 Å². The van der Waals surface area contributed by atoms with Gasteiger partial charge < -0.3 is 10.0 Å². The number of benzene rings is 1. The molecule has 110 valence electrons. The molecular formula is C18H22N2O. The molecule has 2 rings (SSSR count). The molecule has 3 nitrogen and oxygen atoms in total. The van der Waals surface area contributed by atoms with Crippen LogP contribution in [0.15, 0.2) is 36.7 Å². The summed E-state index contributed by atoms with van der Waals surface area (Å²) in [4.78, 5) is 6.29. The Bertz CT molecular complexity index is 631. The van der Waals surface area contributed by atoms with Crippen molar-refractivity contribution < 1.29 is 5.11 Å². The Hall–Kier alpha value is -2.29. The lowest BCUT2D eigenvalue weighted by molar-refractivity contribution is 0.474. The first-order chi connectivity index (χ1) is 10.2. The van der Waals surface area contributed by atoms with Gasteiger partial charge in [-0.05, 0) is 50.1 Å². The molecule has 0 aliphatic heterocycles. The molecule has 0 bridgehead atoms. The van der Waals surface area contributed by atoms with Gasteiger partial charge in [0, 0.05) is 42.8 Å². The van der Waals surface area contributed by atoms with Crippen molar-refractivity contribution in [1.82, 2.24) is 4.98 Å². The van der Waals surface area contributed by atoms with E-state index < -0.39 is 0 Å². The summed E-state index contributed by atoms with van der Waals surface area (Å²) in [5.41, 5.74) is 4.10. The highest BCUT2D eigenvalue weighted by Gasteiger charge is 2.05. The summed E-state index contributed by atoms with van der Waals surface area (Å²) < 4.78 is 0. The van der Waals surface area contributed by atoms with E-state index in [4.69, 9.17) is 0 Å². The van der Waals surface area contributed by atoms with E-state index in [1.165, 1.54) is 0 Å². The Labute approximate surface area is 126 Å². The molecular weight excluding hydrogens is 260 g/mol. The van der Waals surface area contributed by atoms with Gasteiger partial charge in [0.1, 0.15) is 5.75 Å². The Balaban J connectivity index is 2.24. The number of aryl methyl sites for hydroxylation is 1. The van der Waals surface area contributed by atoms with Crippen LogP contribution in [0.1, 0.15) is 30.5 Å². The molecule has 0 aliphatic rings. The second-order valence-corrected chi connectivity index (χ2v) is 4.98. The molecule has 0 radical (unpaired) electrons. The summed E-state index contributed by atoms with van der Waals surface area (Å²) in [5.74, 6) is 0.308. The SMILES string of the molecule is CCN(CC)c1ccc(/C=C/c2ccncc2C)c(O)c1. The van der Waals surface area contributed by atoms with E-state index in [1.807, 2.05) is 49.5 Å². The number of pyridine rings is 1. The van der Waals surface area contributed by atoms with Crippen LogP contribution in [0.2, 0.25) is 0 Å². The minimum Gasteiger partial charge on any atom is -0.507 e. The van der Waals surface area contributed by atoms with Gasteiger partial charge >= 0.3 is 0 Å². The van der Waals surface area contributed by atoms with Gasteiger partial charge in [0.25, 0.3) is 0 Å². The fraction of sp³-hybridized carbons (Fsp3) is 0.278. The third-order valence-electron chi connectivity index (χ3n) is 3.65. The van der Waals surface area contributed by atoms with Crippen LogP contribution < -0.4 is 4.90 Å². The molecule has 1 aromatic heterocycles. The number of rotatable bonds is 5. The Morgan fingerprint density at radius 1 is 1.10 bits per heavy atom. The average Bonchev–Trinajstić information content (AvgIpc) is 2.49. The van der Waals surface area contributed by atoms with E-state index in [-0.39, 0.29) is 0 Å². The van der Waals surface area contributed by atoms with Gasteiger partial charge in [-0.25, -0.2) is 0 Å². The summed E-state index contributed by atoms with van der Waals surface area (Å²) in [6, 6.07) is 7.79. The lowest BCUT2D eigenvalue weighted by Crippen LogP contribution is -2.21. The number of hydrogen-bond acceptors (Lipinski definition) is 3. The third-order valence-corrected chi connectivity index (χ3v) is 3.65. The van der Waals surface area contributed by atoms with Gasteiger partial charge in [0.2, 0.25) is 0 Å². The van der Waals surface area contributed by atoms with Crippen LogP contribution >= 0.6 is 0 Å². The normalized spacial score (nSPS) is 11.0. The predicted molar refractivity (Wildman–Crippen MR) is 89.6 cm³/mol. The molecule has 0 saturated carbocycles. The second-order valence-electron chi connectivity index (χ2n) is 4.98. The second kappa shape index (κ2) is 6.93. The molecule has 21 heavy (non-hydrogen) atoms. The Morgan fingerprint density at radius 3 is 2.43 bits per heavy atom. The number of hydrogen-bond donors (Lipinski definition) is 1. The standard InChI is InChI=1S/C18H22N2O/c1-4-20(5-2)17-9-8-16(18(21)12-17)7-6-15-10-11-19-13-14(15)3/h6-13,21H,4-5H2,1-3H3/b7-6+. The summed E-state index contributed by atoms with van der Waals surface area (Å²) in [6.07, 6.45) is 7.55. The summed E-state index contributed by atoms with van der Waals surface area (Å²) >= 11 is 0. The highest BCUT2D eigenvalue weighted by Crippen LogP contribution is 2.26. The van der Waals surface area contributed by atoms with Crippen LogP contribution in [0.5, 0.6) is 5.75 Å². The molecule has 0 unspecified atom stereocenters. The van der Waals surface area contributed by atoms with Gasteiger partial charge in [-0.15, -0.1) is 0 Å². The lowest BCUT2D eigenvalue weighted by Gasteiger charge is -2.21. The smallest absolute Gasteiger partial charge is 0.124 e. The average molecular weight is 282 g/mol. The van der Waals surface area contributed by atoms with Crippen LogP contribution in [0.3, 0.4) is 0 Å². The molecule has 2 aromatic rings. The van der Waals surface area contributed by atoms with Crippen molar-refractivity contribution in [1.29, 1.82) is 0 Å². The van der Waals surface area contributed by atoms with Crippen molar-refractivity contribution in [3.8, 4) is 5.75 Å². The zero-order valence-corrected chi connectivity index (χ0v) is 12.9. The molecule has 3 heteroatoms. The number of aromatic hydroxyl groups is 1. The highest BCUT2D eigenvalue weighted by molar-refractivity contribution is 5.74. The number of nitrogens with zero attached hydrogens (tertiary/aromatic N) is 2. The minimum atomic E-state index is 0.308. The fourth-order valence-electron chi connectivity index (χ4n) is 2.31. The van der Waals surface area contributed by atoms with E-state index in [2.05, 4.69) is 23.7 Å². The van der Waals surface area contributed by atoms with Gasteiger partial charge in [0.05, 0.1) is 0 Å². The van der Waals surface area contributed by atoms with Crippen molar-refractivity contribution in [3.05, 3.63) is 53.3 Å². The van der Waals surface area contributed by atoms with Crippen molar-refractivity contribution in [2.45, 2.75) is 20.8 Å². The monoisotopic (exact) mass is 282 g/mol. The van der Waals surface area contributed by atoms with Gasteiger partial charge in [-0.2, -0.15) is 0 Å². The molecule has 0 atom stereocenters. The zero-order valence-electron chi connectivity index (χ0n) is 12.9. The predicted octanol–water partition coefficient (Wildman–Crippen LogP) is 4.11. The number of aromatic nitrogens is 1. The molecule has 0 fully saturated rings. The Morgan fingerprint density at radius 2 is 1.81 bits per heavy atom. The van der Waals surface area contributed by atoms with E-state index in [0.29, 0.717) is 5.75 Å². The van der Waals surface area contributed by atoms with Crippen LogP contribution in [0.25, 0.3) is 12.2 Å². The minimum absolute atomic E-state index is 0.308. The maximum absolute atomic E-state index is 10.2. The largest absolute Gasteiger partial charge is 0.507 e. The molecule has 0 spiro atoms. The third kappa shape index (κ3) is 3.63. The Kier molecular flexibility index (Phi) is 4.99. The quantitative estimate of drug-likeness (QED) is 0.896. The summed E-state index contributed by atoms with van der Waals surface area (Å²) in [6.45, 7) is 8.11. The fourth-order valence-corrected chi connectivity index (χ4v) is 2.31. The zero-order chi connectivity index (χ0) is 15.2. The maximum atomic E-state index is 10.2. The molecule has 1 aromatic carbocycles. The van der Waals surface area contributed by atoms with E-state index >= 15 is 0 Å². The number of phenols is 1. The van der Waals surface area contributed by atoms with Crippen LogP contribution in [0, 0.1) is 6.92 Å². The summed E-state index contributed by atoms with van der Waals surface area (Å²) in [7, 11) is 0. The van der Waals surface area contributed by atoms with E-state index in [1.54, 1.807) is 6.20 Å². The first kappa shape index (κ1) is 15.1. The van der Waals surface area contributed by atoms with Gasteiger partial charge in [0.15, 0.2) is 0 Å². The van der Waals surface area contributed by atoms with Crippen LogP contribution in [-0.4, -0.2) is 23.2 Å². The number of anilines is 1. The van der Waals surface area contributed by atoms with Crippen molar-refractivity contribution in [2.24, 2.45) is 0 Å². The first-order valence-corrected chi connectivity index (χ1v) is 7.32. The maximum Gasteiger partial charge on any atom is 0.124 e. The van der Waals surface area contributed by atoms with Crippen molar-refractivity contribution in [3.63, 3.8) is 0 Å². The molecule has 0 aliphatic carbocycles. The topological polar surface area (TPSA) is 36.4 Å². The molecule has 1 N–H and O–H groups in total. The van der Waals surface area contributed by atoms with Crippen molar-refractivity contribution in [2.75, 3.05) is 18.0 Å². The van der Waals surface area contributed by atoms with Gasteiger partial charge in [-0.1, -0.05) is 12.2 Å². The summed E-state index contributed by atoms with van der Waals surface area (Å²) in [5, 5.41) is 10.2. The molecule has 0 saturated heterocycles. The molecule has 1 heterocycles. The lowest BCUT2D eigenvalue weighted by atomic mass is 10.1. The van der Waals surface area contributed by atoms with Crippen LogP contribution in [-0.2, 0) is 0 Å². The van der Waals surface area contributed by atoms with Crippen LogP contribution in [0.4, 0.5) is 5.69 Å².